The number of phenols is 1. The highest BCUT2D eigenvalue weighted by molar-refractivity contribution is 14.1. The molecule has 0 aliphatic rings. The van der Waals surface area contributed by atoms with Crippen LogP contribution in [0, 0.1) is 10.5 Å². The molecule has 0 aromatic heterocycles. The lowest BCUT2D eigenvalue weighted by Gasteiger charge is -2.04. The minimum atomic E-state index is -0.402. The van der Waals surface area contributed by atoms with Crippen LogP contribution in [0.25, 0.3) is 0 Å². The number of benzene rings is 2. The third-order valence-corrected chi connectivity index (χ3v) is 3.71. The number of hydrogen-bond acceptors (Lipinski definition) is 3. The molecule has 0 aliphatic carbocycles. The molecule has 0 heterocycles. The largest absolute Gasteiger partial charge is 0.507 e. The Balaban J connectivity index is 2.10. The third-order valence-electron chi connectivity index (χ3n) is 2.73. The van der Waals surface area contributed by atoms with E-state index in [1.54, 1.807) is 36.4 Å². The Morgan fingerprint density at radius 3 is 2.81 bits per heavy atom. The number of aromatic hydroxyl groups is 1. The molecular formula is C15H12ClIN2O2. The van der Waals surface area contributed by atoms with Crippen LogP contribution in [0.5, 0.6) is 5.75 Å². The van der Waals surface area contributed by atoms with Crippen LogP contribution < -0.4 is 5.43 Å². The van der Waals surface area contributed by atoms with Gasteiger partial charge in [0, 0.05) is 9.13 Å². The first-order chi connectivity index (χ1) is 9.97. The predicted molar refractivity (Wildman–Crippen MR) is 92.1 cm³/mol. The van der Waals surface area contributed by atoms with Crippen molar-refractivity contribution in [2.24, 2.45) is 5.10 Å². The van der Waals surface area contributed by atoms with Crippen LogP contribution in [0.1, 0.15) is 21.5 Å². The van der Waals surface area contributed by atoms with Crippen molar-refractivity contribution in [3.05, 3.63) is 61.7 Å². The number of carbonyl (C=O) groups is 1. The van der Waals surface area contributed by atoms with E-state index in [1.165, 1.54) is 6.21 Å². The summed E-state index contributed by atoms with van der Waals surface area (Å²) in [7, 11) is 0. The number of hydrogen-bond donors (Lipinski definition) is 2. The van der Waals surface area contributed by atoms with Crippen molar-refractivity contribution in [2.45, 2.75) is 6.92 Å². The average Bonchev–Trinajstić information content (AvgIpc) is 2.42. The third kappa shape index (κ3) is 4.18. The maximum absolute atomic E-state index is 11.9. The highest BCUT2D eigenvalue weighted by Crippen LogP contribution is 2.18. The number of nitrogens with one attached hydrogen (secondary N) is 1. The summed E-state index contributed by atoms with van der Waals surface area (Å²) >= 11 is 8.14. The number of amides is 1. The van der Waals surface area contributed by atoms with Gasteiger partial charge >= 0.3 is 0 Å². The minimum Gasteiger partial charge on any atom is -0.507 e. The first-order valence-electron chi connectivity index (χ1n) is 6.05. The van der Waals surface area contributed by atoms with Crippen molar-refractivity contribution in [2.75, 3.05) is 0 Å². The second-order valence-corrected chi connectivity index (χ2v) is 6.04. The maximum atomic E-state index is 11.9. The molecule has 0 aliphatic heterocycles. The molecule has 21 heavy (non-hydrogen) atoms. The van der Waals surface area contributed by atoms with Crippen LogP contribution in [0.15, 0.2) is 41.5 Å². The van der Waals surface area contributed by atoms with Gasteiger partial charge in [-0.3, -0.25) is 4.79 Å². The molecule has 4 nitrogen and oxygen atoms in total. The molecule has 108 valence electrons. The van der Waals surface area contributed by atoms with Crippen molar-refractivity contribution in [3.63, 3.8) is 0 Å². The number of aryl methyl sites for hydroxylation is 1. The normalized spacial score (nSPS) is 10.8. The zero-order valence-electron chi connectivity index (χ0n) is 11.1. The van der Waals surface area contributed by atoms with Crippen LogP contribution >= 0.6 is 34.2 Å². The lowest BCUT2D eigenvalue weighted by Crippen LogP contribution is -2.18. The van der Waals surface area contributed by atoms with Crippen LogP contribution in [-0.2, 0) is 0 Å². The zero-order valence-corrected chi connectivity index (χ0v) is 14.0. The summed E-state index contributed by atoms with van der Waals surface area (Å²) in [6, 6.07) is 10.3. The monoisotopic (exact) mass is 414 g/mol. The molecular weight excluding hydrogens is 403 g/mol. The van der Waals surface area contributed by atoms with E-state index >= 15 is 0 Å². The lowest BCUT2D eigenvalue weighted by atomic mass is 10.1. The molecule has 2 aromatic rings. The number of carbonyl (C=O) groups excluding carboxylic acids is 1. The van der Waals surface area contributed by atoms with E-state index in [0.717, 1.165) is 9.13 Å². The van der Waals surface area contributed by atoms with Crippen LogP contribution in [-0.4, -0.2) is 17.2 Å². The van der Waals surface area contributed by atoms with E-state index < -0.39 is 5.91 Å². The molecule has 6 heteroatoms. The van der Waals surface area contributed by atoms with Gasteiger partial charge in [-0.1, -0.05) is 17.7 Å². The highest BCUT2D eigenvalue weighted by atomic mass is 127. The summed E-state index contributed by atoms with van der Waals surface area (Å²) in [6.45, 7) is 1.89. The molecule has 2 N–H and O–H groups in total. The van der Waals surface area contributed by atoms with Gasteiger partial charge in [0.2, 0.25) is 0 Å². The summed E-state index contributed by atoms with van der Waals surface area (Å²) in [4.78, 5) is 11.9. The van der Waals surface area contributed by atoms with Gasteiger partial charge in [0.25, 0.3) is 5.91 Å². The van der Waals surface area contributed by atoms with E-state index in [-0.39, 0.29) is 5.75 Å². The van der Waals surface area contributed by atoms with Gasteiger partial charge in [-0.25, -0.2) is 5.43 Å². The molecule has 0 atom stereocenters. The van der Waals surface area contributed by atoms with E-state index in [1.807, 2.05) is 6.92 Å². The second kappa shape index (κ2) is 6.91. The Morgan fingerprint density at radius 2 is 2.10 bits per heavy atom. The summed E-state index contributed by atoms with van der Waals surface area (Å²) in [6.07, 6.45) is 1.39. The minimum absolute atomic E-state index is 0.0989. The number of nitrogens with zero attached hydrogens (tertiary/aromatic N) is 1. The first kappa shape index (κ1) is 15.8. The second-order valence-electron chi connectivity index (χ2n) is 4.39. The van der Waals surface area contributed by atoms with E-state index in [0.29, 0.717) is 16.1 Å². The number of phenolic OH excluding ortho intramolecular Hbond substituents is 1. The molecule has 0 saturated carbocycles. The van der Waals surface area contributed by atoms with Crippen molar-refractivity contribution in [3.8, 4) is 5.75 Å². The Labute approximate surface area is 141 Å². The van der Waals surface area contributed by atoms with Gasteiger partial charge in [0.1, 0.15) is 5.75 Å². The molecule has 0 fully saturated rings. The van der Waals surface area contributed by atoms with Gasteiger partial charge in [-0.2, -0.15) is 5.10 Å². The topological polar surface area (TPSA) is 61.7 Å². The van der Waals surface area contributed by atoms with E-state index in [4.69, 9.17) is 11.6 Å². The Morgan fingerprint density at radius 1 is 1.33 bits per heavy atom. The first-order valence-corrected chi connectivity index (χ1v) is 7.51. The number of hydrazone groups is 1. The molecule has 0 spiro atoms. The van der Waals surface area contributed by atoms with Crippen LogP contribution in [0.2, 0.25) is 5.02 Å². The molecule has 2 rings (SSSR count). The summed E-state index contributed by atoms with van der Waals surface area (Å²) in [5, 5.41) is 13.9. The van der Waals surface area contributed by atoms with Crippen LogP contribution in [0.4, 0.5) is 0 Å². The fourth-order valence-electron chi connectivity index (χ4n) is 1.65. The van der Waals surface area contributed by atoms with Gasteiger partial charge in [0.05, 0.1) is 16.8 Å². The molecule has 0 radical (unpaired) electrons. The molecule has 2 aromatic carbocycles. The number of rotatable bonds is 3. The van der Waals surface area contributed by atoms with Crippen molar-refractivity contribution in [1.82, 2.24) is 5.43 Å². The summed E-state index contributed by atoms with van der Waals surface area (Å²) < 4.78 is 0.958. The number of halogens is 2. The molecule has 0 unspecified atom stereocenters. The maximum Gasteiger partial charge on any atom is 0.272 e. The Bertz CT molecular complexity index is 717. The molecule has 0 saturated heterocycles. The summed E-state index contributed by atoms with van der Waals surface area (Å²) in [5.74, 6) is -0.303. The van der Waals surface area contributed by atoms with Gasteiger partial charge < -0.3 is 5.11 Å². The Hall–Kier alpha value is -1.60. The van der Waals surface area contributed by atoms with Crippen molar-refractivity contribution >= 4 is 46.3 Å². The van der Waals surface area contributed by atoms with Crippen molar-refractivity contribution in [1.29, 1.82) is 0 Å². The smallest absolute Gasteiger partial charge is 0.272 e. The Kier molecular flexibility index (Phi) is 5.19. The molecule has 0 bridgehead atoms. The van der Waals surface area contributed by atoms with Gasteiger partial charge in [0.15, 0.2) is 0 Å². The summed E-state index contributed by atoms with van der Waals surface area (Å²) in [5.41, 5.74) is 4.24. The van der Waals surface area contributed by atoms with E-state index in [2.05, 4.69) is 33.1 Å². The lowest BCUT2D eigenvalue weighted by molar-refractivity contribution is 0.0955. The standard InChI is InChI=1S/C15H12ClIN2O2/c1-9-2-4-12(13(16)6-9)15(21)19-18-8-10-7-11(17)3-5-14(10)20/h2-8,20H,1H3,(H,19,21)/b18-8+. The molecule has 1 amide bonds. The predicted octanol–water partition coefficient (Wildman–Crippen LogP) is 3.72. The quantitative estimate of drug-likeness (QED) is 0.457. The fraction of sp³-hybridized carbons (Fsp3) is 0.0667. The SMILES string of the molecule is Cc1ccc(C(=O)N/N=C/c2cc(I)ccc2O)c(Cl)c1. The zero-order chi connectivity index (χ0) is 15.4. The van der Waals surface area contributed by atoms with Crippen molar-refractivity contribution < 1.29 is 9.90 Å². The van der Waals surface area contributed by atoms with Gasteiger partial charge in [-0.15, -0.1) is 0 Å². The fourth-order valence-corrected chi connectivity index (χ4v) is 2.49. The van der Waals surface area contributed by atoms with Gasteiger partial charge in [-0.05, 0) is 65.4 Å². The van der Waals surface area contributed by atoms with Crippen LogP contribution in [0.3, 0.4) is 0 Å². The highest BCUT2D eigenvalue weighted by Gasteiger charge is 2.09. The van der Waals surface area contributed by atoms with E-state index in [9.17, 15) is 9.90 Å². The average molecular weight is 415 g/mol.